The van der Waals surface area contributed by atoms with E-state index in [-0.39, 0.29) is 0 Å². The Bertz CT molecular complexity index is 1020. The molecule has 0 fully saturated rings. The molecule has 0 saturated heterocycles. The highest BCUT2D eigenvalue weighted by molar-refractivity contribution is 7.12. The highest BCUT2D eigenvalue weighted by Crippen LogP contribution is 2.25. The fourth-order valence-electron chi connectivity index (χ4n) is 2.91. The minimum absolute atomic E-state index is 0.348. The van der Waals surface area contributed by atoms with Crippen LogP contribution >= 0.6 is 11.3 Å². The summed E-state index contributed by atoms with van der Waals surface area (Å²) in [6.07, 6.45) is 0. The van der Waals surface area contributed by atoms with Crippen molar-refractivity contribution in [2.24, 2.45) is 0 Å². The van der Waals surface area contributed by atoms with Gasteiger partial charge in [0.1, 0.15) is 4.88 Å². The van der Waals surface area contributed by atoms with Crippen molar-refractivity contribution in [1.82, 2.24) is 9.78 Å². The minimum Gasteiger partial charge on any atom is -0.465 e. The maximum atomic E-state index is 12.5. The van der Waals surface area contributed by atoms with Crippen LogP contribution in [0.1, 0.15) is 32.2 Å². The van der Waals surface area contributed by atoms with E-state index in [1.165, 1.54) is 29.6 Å². The molecule has 0 saturated carbocycles. The first-order valence-electron chi connectivity index (χ1n) is 8.73. The van der Waals surface area contributed by atoms with Gasteiger partial charge in [-0.1, -0.05) is 24.3 Å². The van der Waals surface area contributed by atoms with Gasteiger partial charge in [-0.3, -0.25) is 4.68 Å². The summed E-state index contributed by atoms with van der Waals surface area (Å²) >= 11 is 1.21. The number of aryl methyl sites for hydroxylation is 2. The number of thiophene rings is 1. The topological polar surface area (TPSA) is 85.2 Å². The summed E-state index contributed by atoms with van der Waals surface area (Å²) in [6, 6.07) is 9.36. The number of nitrogens with zero attached hydrogens (tertiary/aromatic N) is 2. The molecule has 0 bridgehead atoms. The molecule has 2 amide bonds. The average molecular weight is 398 g/mol. The van der Waals surface area contributed by atoms with Crippen LogP contribution in [0.3, 0.4) is 0 Å². The van der Waals surface area contributed by atoms with Crippen LogP contribution in [0, 0.1) is 20.8 Å². The number of hydrogen-bond donors (Lipinski definition) is 2. The van der Waals surface area contributed by atoms with Gasteiger partial charge in [0.15, 0.2) is 0 Å². The van der Waals surface area contributed by atoms with Gasteiger partial charge < -0.3 is 15.4 Å². The van der Waals surface area contributed by atoms with Gasteiger partial charge >= 0.3 is 12.0 Å². The van der Waals surface area contributed by atoms with Gasteiger partial charge in [-0.05, 0) is 43.3 Å². The molecule has 2 aromatic heterocycles. The Morgan fingerprint density at radius 2 is 1.89 bits per heavy atom. The zero-order valence-electron chi connectivity index (χ0n) is 16.2. The first-order valence-corrected chi connectivity index (χ1v) is 9.61. The summed E-state index contributed by atoms with van der Waals surface area (Å²) in [6.45, 7) is 6.45. The molecule has 1 aromatic carbocycles. The molecule has 3 aromatic rings. The van der Waals surface area contributed by atoms with Crippen LogP contribution in [-0.2, 0) is 11.3 Å². The Morgan fingerprint density at radius 3 is 2.61 bits per heavy atom. The van der Waals surface area contributed by atoms with Crippen molar-refractivity contribution in [3.63, 3.8) is 0 Å². The van der Waals surface area contributed by atoms with Gasteiger partial charge in [0.25, 0.3) is 0 Å². The average Bonchev–Trinajstić information content (AvgIpc) is 3.23. The van der Waals surface area contributed by atoms with Crippen molar-refractivity contribution in [1.29, 1.82) is 0 Å². The fraction of sp³-hybridized carbons (Fsp3) is 0.250. The molecule has 8 heteroatoms. The SMILES string of the molecule is COC(=O)c1sccc1NC(=O)Nc1c(C)nn(Cc2ccccc2C)c1C. The molecule has 0 atom stereocenters. The largest absolute Gasteiger partial charge is 0.465 e. The van der Waals surface area contributed by atoms with E-state index in [9.17, 15) is 9.59 Å². The van der Waals surface area contributed by atoms with Crippen LogP contribution in [-0.4, -0.2) is 28.9 Å². The number of ether oxygens (including phenoxy) is 1. The summed E-state index contributed by atoms with van der Waals surface area (Å²) in [5.41, 5.74) is 5.01. The van der Waals surface area contributed by atoms with Crippen LogP contribution in [0.15, 0.2) is 35.7 Å². The van der Waals surface area contributed by atoms with Crippen molar-refractivity contribution in [2.75, 3.05) is 17.7 Å². The third-order valence-corrected chi connectivity index (χ3v) is 5.38. The molecule has 0 unspecified atom stereocenters. The summed E-state index contributed by atoms with van der Waals surface area (Å²) in [5.74, 6) is -0.483. The molecular weight excluding hydrogens is 376 g/mol. The Morgan fingerprint density at radius 1 is 1.14 bits per heavy atom. The van der Waals surface area contributed by atoms with E-state index in [4.69, 9.17) is 4.74 Å². The van der Waals surface area contributed by atoms with Gasteiger partial charge in [-0.2, -0.15) is 5.10 Å². The van der Waals surface area contributed by atoms with E-state index in [0.717, 1.165) is 11.4 Å². The lowest BCUT2D eigenvalue weighted by Crippen LogP contribution is -2.21. The predicted octanol–water partition coefficient (Wildman–Crippen LogP) is 4.35. The number of rotatable bonds is 5. The normalized spacial score (nSPS) is 10.6. The first kappa shape index (κ1) is 19.6. The van der Waals surface area contributed by atoms with Gasteiger partial charge in [-0.15, -0.1) is 11.3 Å². The summed E-state index contributed by atoms with van der Waals surface area (Å²) in [4.78, 5) is 24.6. The second-order valence-corrected chi connectivity index (χ2v) is 7.28. The number of hydrogen-bond acceptors (Lipinski definition) is 5. The van der Waals surface area contributed by atoms with Crippen molar-refractivity contribution in [2.45, 2.75) is 27.3 Å². The van der Waals surface area contributed by atoms with E-state index in [1.807, 2.05) is 30.7 Å². The number of urea groups is 1. The second kappa shape index (κ2) is 8.26. The van der Waals surface area contributed by atoms with Gasteiger partial charge in [0, 0.05) is 0 Å². The number of methoxy groups -OCH3 is 1. The quantitative estimate of drug-likeness (QED) is 0.626. The monoisotopic (exact) mass is 398 g/mol. The molecule has 3 rings (SSSR count). The Balaban J connectivity index is 1.75. The molecular formula is C20H22N4O3S. The van der Waals surface area contributed by atoms with Crippen LogP contribution in [0.4, 0.5) is 16.2 Å². The number of carbonyl (C=O) groups excluding carboxylic acids is 2. The second-order valence-electron chi connectivity index (χ2n) is 6.36. The molecule has 146 valence electrons. The van der Waals surface area contributed by atoms with Crippen LogP contribution < -0.4 is 10.6 Å². The number of aromatic nitrogens is 2. The Hall–Kier alpha value is -3.13. The van der Waals surface area contributed by atoms with Crippen molar-refractivity contribution >= 4 is 34.7 Å². The van der Waals surface area contributed by atoms with Gasteiger partial charge in [0.2, 0.25) is 0 Å². The molecule has 2 N–H and O–H groups in total. The number of nitrogens with one attached hydrogen (secondary N) is 2. The lowest BCUT2D eigenvalue weighted by atomic mass is 10.1. The number of carbonyl (C=O) groups is 2. The highest BCUT2D eigenvalue weighted by atomic mass is 32.1. The Kier molecular flexibility index (Phi) is 5.79. The first-order chi connectivity index (χ1) is 13.4. The summed E-state index contributed by atoms with van der Waals surface area (Å²) in [7, 11) is 1.31. The zero-order valence-corrected chi connectivity index (χ0v) is 17.0. The molecule has 0 aliphatic heterocycles. The van der Waals surface area contributed by atoms with E-state index >= 15 is 0 Å². The molecule has 0 aliphatic carbocycles. The number of esters is 1. The minimum atomic E-state index is -0.483. The highest BCUT2D eigenvalue weighted by Gasteiger charge is 2.18. The lowest BCUT2D eigenvalue weighted by molar-refractivity contribution is 0.0607. The standard InChI is InChI=1S/C20H22N4O3S/c1-12-7-5-6-8-15(12)11-24-14(3)17(13(2)23-24)22-20(26)21-16-9-10-28-18(16)19(25)27-4/h5-10H,11H2,1-4H3,(H2,21,22,26). The molecule has 0 spiro atoms. The Labute approximate surface area is 167 Å². The fourth-order valence-corrected chi connectivity index (χ4v) is 3.67. The summed E-state index contributed by atoms with van der Waals surface area (Å²) in [5, 5.41) is 11.8. The van der Waals surface area contributed by atoms with Gasteiger partial charge in [-0.25, -0.2) is 9.59 Å². The van der Waals surface area contributed by atoms with E-state index < -0.39 is 12.0 Å². The van der Waals surface area contributed by atoms with Crippen molar-refractivity contribution < 1.29 is 14.3 Å². The maximum absolute atomic E-state index is 12.5. The third kappa shape index (κ3) is 4.07. The maximum Gasteiger partial charge on any atom is 0.350 e. The van der Waals surface area contributed by atoms with Crippen LogP contribution in [0.2, 0.25) is 0 Å². The van der Waals surface area contributed by atoms with Crippen molar-refractivity contribution in [3.8, 4) is 0 Å². The third-order valence-electron chi connectivity index (χ3n) is 4.49. The molecule has 7 nitrogen and oxygen atoms in total. The summed E-state index contributed by atoms with van der Waals surface area (Å²) < 4.78 is 6.60. The number of benzene rings is 1. The number of anilines is 2. The zero-order chi connectivity index (χ0) is 20.3. The van der Waals surface area contributed by atoms with Crippen LogP contribution in [0.25, 0.3) is 0 Å². The lowest BCUT2D eigenvalue weighted by Gasteiger charge is -2.10. The number of amides is 2. The molecule has 2 heterocycles. The molecule has 0 radical (unpaired) electrons. The van der Waals surface area contributed by atoms with Crippen LogP contribution in [0.5, 0.6) is 0 Å². The smallest absolute Gasteiger partial charge is 0.350 e. The van der Waals surface area contributed by atoms with Crippen molar-refractivity contribution in [3.05, 3.63) is 63.1 Å². The van der Waals surface area contributed by atoms with E-state index in [1.54, 1.807) is 11.4 Å². The van der Waals surface area contributed by atoms with E-state index in [2.05, 4.69) is 34.8 Å². The molecule has 28 heavy (non-hydrogen) atoms. The van der Waals surface area contributed by atoms with Gasteiger partial charge in [0.05, 0.1) is 36.4 Å². The predicted molar refractivity (Wildman–Crippen MR) is 110 cm³/mol. The molecule has 0 aliphatic rings. The van der Waals surface area contributed by atoms with E-state index in [0.29, 0.717) is 22.8 Å².